The number of benzene rings is 3. The first-order valence-electron chi connectivity index (χ1n) is 14.2. The van der Waals surface area contributed by atoms with Crippen LogP contribution in [0.3, 0.4) is 0 Å². The molecule has 234 valence electrons. The highest BCUT2D eigenvalue weighted by Crippen LogP contribution is 2.35. The van der Waals surface area contributed by atoms with Crippen LogP contribution in [0.5, 0.6) is 5.75 Å². The molecule has 0 radical (unpaired) electrons. The van der Waals surface area contributed by atoms with Gasteiger partial charge in [0.2, 0.25) is 0 Å². The van der Waals surface area contributed by atoms with Crippen molar-refractivity contribution in [3.05, 3.63) is 89.5 Å². The van der Waals surface area contributed by atoms with E-state index >= 15 is 0 Å². The average Bonchev–Trinajstić information content (AvgIpc) is 3.43. The van der Waals surface area contributed by atoms with Gasteiger partial charge in [0.15, 0.2) is 10.9 Å². The number of hydrogen-bond donors (Lipinski definition) is 3. The molecule has 1 heterocycles. The largest absolute Gasteiger partial charge is 0.573 e. The summed E-state index contributed by atoms with van der Waals surface area (Å²) < 4.78 is 43.3. The standard InChI is InChI=1S/C32H29F3N4O5S/c33-32(34,35)44-25-7-4-8-26-28(25)37-30(45-26)38-31(43)39(24-15-13-22(14-16-24)21-5-2-1-3-6-21)19-20-9-11-23(12-10-20)29(42)36-18-17-27(40)41/h4-5,7-16H,1-3,6,17-19H2,(H,36,42)(H,40,41)(H,37,38,43). The molecule has 1 aliphatic carbocycles. The molecule has 0 atom stereocenters. The molecular weight excluding hydrogens is 609 g/mol. The van der Waals surface area contributed by atoms with E-state index in [1.54, 1.807) is 30.3 Å². The fraction of sp³-hybridized carbons (Fsp3) is 0.250. The van der Waals surface area contributed by atoms with Gasteiger partial charge in [-0.25, -0.2) is 9.78 Å². The van der Waals surface area contributed by atoms with E-state index in [9.17, 15) is 27.6 Å². The van der Waals surface area contributed by atoms with Crippen LogP contribution < -0.4 is 20.3 Å². The number of fused-ring (bicyclic) bond motifs is 1. The van der Waals surface area contributed by atoms with Crippen molar-refractivity contribution in [3.8, 4) is 5.75 Å². The number of amides is 3. The number of alkyl halides is 3. The van der Waals surface area contributed by atoms with Gasteiger partial charge in [0.1, 0.15) is 5.52 Å². The molecule has 0 unspecified atom stereocenters. The lowest BCUT2D eigenvalue weighted by molar-refractivity contribution is -0.274. The molecule has 0 fully saturated rings. The lowest BCUT2D eigenvalue weighted by Crippen LogP contribution is -2.34. The van der Waals surface area contributed by atoms with E-state index in [0.29, 0.717) is 21.5 Å². The number of rotatable bonds is 10. The number of para-hydroxylation sites is 1. The molecule has 13 heteroatoms. The maximum atomic E-state index is 13.7. The van der Waals surface area contributed by atoms with Crippen molar-refractivity contribution < 1.29 is 37.4 Å². The highest BCUT2D eigenvalue weighted by atomic mass is 32.1. The number of hydrogen-bond acceptors (Lipinski definition) is 6. The van der Waals surface area contributed by atoms with Crippen molar-refractivity contribution in [3.63, 3.8) is 0 Å². The molecule has 1 aliphatic rings. The van der Waals surface area contributed by atoms with E-state index in [1.807, 2.05) is 24.3 Å². The topological polar surface area (TPSA) is 121 Å². The molecule has 1 aromatic heterocycles. The zero-order chi connectivity index (χ0) is 32.0. The van der Waals surface area contributed by atoms with Crippen LogP contribution in [0.15, 0.2) is 72.8 Å². The summed E-state index contributed by atoms with van der Waals surface area (Å²) in [6.07, 6.45) is 1.42. The molecule has 0 spiro atoms. The van der Waals surface area contributed by atoms with Crippen molar-refractivity contribution in [1.29, 1.82) is 0 Å². The van der Waals surface area contributed by atoms with Crippen LogP contribution in [0.4, 0.5) is 28.8 Å². The van der Waals surface area contributed by atoms with Crippen molar-refractivity contribution in [2.24, 2.45) is 0 Å². The predicted octanol–water partition coefficient (Wildman–Crippen LogP) is 7.60. The van der Waals surface area contributed by atoms with Gasteiger partial charge in [0.25, 0.3) is 5.91 Å². The molecule has 0 aliphatic heterocycles. The quantitative estimate of drug-likeness (QED) is 0.165. The number of urea groups is 1. The number of carbonyl (C=O) groups is 3. The Labute approximate surface area is 260 Å². The molecular formula is C32H29F3N4O5S. The summed E-state index contributed by atoms with van der Waals surface area (Å²) in [5, 5.41) is 14.1. The van der Waals surface area contributed by atoms with E-state index in [-0.39, 0.29) is 30.2 Å². The number of carboxylic acid groups (broad SMARTS) is 1. The monoisotopic (exact) mass is 638 g/mol. The summed E-state index contributed by atoms with van der Waals surface area (Å²) in [7, 11) is 0. The van der Waals surface area contributed by atoms with E-state index < -0.39 is 30.0 Å². The fourth-order valence-corrected chi connectivity index (χ4v) is 5.78. The second-order valence-corrected chi connectivity index (χ2v) is 11.3. The van der Waals surface area contributed by atoms with E-state index in [1.165, 1.54) is 16.5 Å². The number of thiazole rings is 1. The minimum absolute atomic E-state index is 0.00758. The summed E-state index contributed by atoms with van der Waals surface area (Å²) in [5.74, 6) is -1.91. The van der Waals surface area contributed by atoms with Crippen molar-refractivity contribution in [2.75, 3.05) is 16.8 Å². The lowest BCUT2D eigenvalue weighted by atomic mass is 9.93. The van der Waals surface area contributed by atoms with E-state index in [0.717, 1.165) is 48.6 Å². The Hall–Kier alpha value is -4.91. The summed E-state index contributed by atoms with van der Waals surface area (Å²) >= 11 is 1.01. The summed E-state index contributed by atoms with van der Waals surface area (Å²) in [6.45, 7) is 0.0917. The van der Waals surface area contributed by atoms with Gasteiger partial charge in [-0.15, -0.1) is 13.2 Å². The molecule has 9 nitrogen and oxygen atoms in total. The molecule has 0 saturated heterocycles. The molecule has 5 rings (SSSR count). The molecule has 4 aromatic rings. The number of carbonyl (C=O) groups excluding carboxylic acids is 2. The third-order valence-corrected chi connectivity index (χ3v) is 8.02. The van der Waals surface area contributed by atoms with Gasteiger partial charge in [0.05, 0.1) is 17.7 Å². The maximum absolute atomic E-state index is 13.7. The SMILES string of the molecule is O=C(O)CCNC(=O)c1ccc(CN(C(=O)Nc2nc3c(OC(F)(F)F)cccc3s2)c2ccc(C3=CCCCC3)cc2)cc1. The number of halogens is 3. The molecule has 3 amide bonds. The number of anilines is 2. The molecule has 3 aromatic carbocycles. The highest BCUT2D eigenvalue weighted by Gasteiger charge is 2.32. The Bertz CT molecular complexity index is 1720. The zero-order valence-electron chi connectivity index (χ0n) is 23.9. The second kappa shape index (κ2) is 13.8. The van der Waals surface area contributed by atoms with Gasteiger partial charge in [-0.05, 0) is 78.8 Å². The Kier molecular flexibility index (Phi) is 9.67. The predicted molar refractivity (Wildman–Crippen MR) is 165 cm³/mol. The Morgan fingerprint density at radius 2 is 1.76 bits per heavy atom. The number of aliphatic carboxylic acids is 1. The zero-order valence-corrected chi connectivity index (χ0v) is 24.7. The number of allylic oxidation sites excluding steroid dienone is 2. The number of nitrogens with one attached hydrogen (secondary N) is 2. The van der Waals surface area contributed by atoms with Gasteiger partial charge in [-0.1, -0.05) is 47.7 Å². The van der Waals surface area contributed by atoms with Crippen molar-refractivity contribution in [1.82, 2.24) is 10.3 Å². The number of carboxylic acids is 1. The minimum atomic E-state index is -4.90. The number of nitrogens with zero attached hydrogens (tertiary/aromatic N) is 2. The highest BCUT2D eigenvalue weighted by molar-refractivity contribution is 7.22. The Balaban J connectivity index is 1.38. The average molecular weight is 639 g/mol. The third-order valence-electron chi connectivity index (χ3n) is 7.09. The van der Waals surface area contributed by atoms with Crippen LogP contribution in [-0.2, 0) is 11.3 Å². The fourth-order valence-electron chi connectivity index (χ4n) is 4.91. The van der Waals surface area contributed by atoms with Gasteiger partial charge in [-0.3, -0.25) is 19.8 Å². The summed E-state index contributed by atoms with van der Waals surface area (Å²) in [5.41, 5.74) is 3.90. The van der Waals surface area contributed by atoms with E-state index in [4.69, 9.17) is 5.11 Å². The van der Waals surface area contributed by atoms with Crippen LogP contribution in [0.25, 0.3) is 15.8 Å². The van der Waals surface area contributed by atoms with Gasteiger partial charge in [-0.2, -0.15) is 0 Å². The van der Waals surface area contributed by atoms with Crippen LogP contribution in [0.1, 0.15) is 53.6 Å². The second-order valence-electron chi connectivity index (χ2n) is 10.3. The lowest BCUT2D eigenvalue weighted by Gasteiger charge is -2.23. The molecule has 45 heavy (non-hydrogen) atoms. The van der Waals surface area contributed by atoms with Crippen LogP contribution in [-0.4, -0.2) is 40.9 Å². The summed E-state index contributed by atoms with van der Waals surface area (Å²) in [4.78, 5) is 42.5. The molecule has 0 bridgehead atoms. The first-order valence-corrected chi connectivity index (χ1v) is 15.0. The van der Waals surface area contributed by atoms with Crippen LogP contribution in [0, 0.1) is 0 Å². The van der Waals surface area contributed by atoms with Crippen molar-refractivity contribution >= 4 is 55.9 Å². The van der Waals surface area contributed by atoms with E-state index in [2.05, 4.69) is 26.4 Å². The summed E-state index contributed by atoms with van der Waals surface area (Å²) in [6, 6.07) is 17.7. The van der Waals surface area contributed by atoms with Crippen molar-refractivity contribution in [2.45, 2.75) is 45.0 Å². The normalized spacial score (nSPS) is 13.2. The third kappa shape index (κ3) is 8.38. The first kappa shape index (κ1) is 31.5. The van der Waals surface area contributed by atoms with Gasteiger partial charge < -0.3 is 15.2 Å². The molecule has 0 saturated carbocycles. The smallest absolute Gasteiger partial charge is 0.481 e. The molecule has 3 N–H and O–H groups in total. The Morgan fingerprint density at radius 1 is 1.00 bits per heavy atom. The number of ether oxygens (including phenoxy) is 1. The first-order chi connectivity index (χ1) is 21.6. The minimum Gasteiger partial charge on any atom is -0.481 e. The van der Waals surface area contributed by atoms with Gasteiger partial charge in [0, 0.05) is 17.8 Å². The Morgan fingerprint density at radius 3 is 2.42 bits per heavy atom. The van der Waals surface area contributed by atoms with Crippen LogP contribution >= 0.6 is 11.3 Å². The van der Waals surface area contributed by atoms with Crippen LogP contribution in [0.2, 0.25) is 0 Å². The maximum Gasteiger partial charge on any atom is 0.573 e. The number of aromatic nitrogens is 1. The van der Waals surface area contributed by atoms with Gasteiger partial charge >= 0.3 is 18.4 Å².